The van der Waals surface area contributed by atoms with Crippen LogP contribution in [0.15, 0.2) is 30.6 Å². The van der Waals surface area contributed by atoms with Crippen LogP contribution in [0.25, 0.3) is 5.65 Å². The molecule has 0 aromatic carbocycles. The number of imidazole rings is 1. The minimum atomic E-state index is 0.131. The zero-order valence-electron chi connectivity index (χ0n) is 9.27. The molecule has 2 N–H and O–H groups in total. The number of aromatic nitrogens is 2. The van der Waals surface area contributed by atoms with Gasteiger partial charge in [0.15, 0.2) is 0 Å². The van der Waals surface area contributed by atoms with E-state index in [0.29, 0.717) is 6.54 Å². The molecule has 0 aliphatic heterocycles. The van der Waals surface area contributed by atoms with Crippen LogP contribution < -0.4 is 5.73 Å². The summed E-state index contributed by atoms with van der Waals surface area (Å²) in [5.74, 6) is 0. The summed E-state index contributed by atoms with van der Waals surface area (Å²) in [7, 11) is 0. The van der Waals surface area contributed by atoms with Gasteiger partial charge in [0.05, 0.1) is 0 Å². The molecule has 0 saturated heterocycles. The molecule has 3 nitrogen and oxygen atoms in total. The lowest BCUT2D eigenvalue weighted by atomic mass is 9.88. The Morgan fingerprint density at radius 3 is 2.93 bits per heavy atom. The van der Waals surface area contributed by atoms with E-state index in [1.807, 2.05) is 30.6 Å². The topological polar surface area (TPSA) is 43.3 Å². The van der Waals surface area contributed by atoms with Gasteiger partial charge in [0.1, 0.15) is 5.65 Å². The van der Waals surface area contributed by atoms with Crippen molar-refractivity contribution in [1.29, 1.82) is 0 Å². The third kappa shape index (κ3) is 2.02. The van der Waals surface area contributed by atoms with Crippen molar-refractivity contribution in [3.8, 4) is 0 Å². The van der Waals surface area contributed by atoms with Crippen LogP contribution in [0, 0.1) is 5.41 Å². The SMILES string of the molecule is CC(C)(CN)Cc1cnc2ccccn12. The van der Waals surface area contributed by atoms with E-state index in [1.54, 1.807) is 0 Å². The summed E-state index contributed by atoms with van der Waals surface area (Å²) in [6, 6.07) is 6.03. The molecular formula is C12H17N3. The second kappa shape index (κ2) is 3.66. The molecule has 0 aliphatic carbocycles. The Morgan fingerprint density at radius 2 is 2.20 bits per heavy atom. The summed E-state index contributed by atoms with van der Waals surface area (Å²) in [5.41, 5.74) is 8.09. The first-order valence-corrected chi connectivity index (χ1v) is 5.23. The molecule has 80 valence electrons. The van der Waals surface area contributed by atoms with Crippen LogP contribution in [-0.4, -0.2) is 15.9 Å². The van der Waals surface area contributed by atoms with Crippen molar-refractivity contribution in [2.24, 2.45) is 11.1 Å². The minimum Gasteiger partial charge on any atom is -0.330 e. The maximum absolute atomic E-state index is 5.74. The average molecular weight is 203 g/mol. The van der Waals surface area contributed by atoms with Crippen LogP contribution in [0.2, 0.25) is 0 Å². The highest BCUT2D eigenvalue weighted by molar-refractivity contribution is 5.39. The minimum absolute atomic E-state index is 0.131. The highest BCUT2D eigenvalue weighted by Crippen LogP contribution is 2.20. The number of fused-ring (bicyclic) bond motifs is 1. The molecule has 2 aromatic heterocycles. The number of hydrogen-bond acceptors (Lipinski definition) is 2. The number of hydrogen-bond donors (Lipinski definition) is 1. The second-order valence-electron chi connectivity index (χ2n) is 4.72. The van der Waals surface area contributed by atoms with Gasteiger partial charge >= 0.3 is 0 Å². The maximum atomic E-state index is 5.74. The summed E-state index contributed by atoms with van der Waals surface area (Å²) in [6.07, 6.45) is 4.94. The highest BCUT2D eigenvalue weighted by Gasteiger charge is 2.18. The van der Waals surface area contributed by atoms with E-state index in [1.165, 1.54) is 5.69 Å². The van der Waals surface area contributed by atoms with Crippen LogP contribution in [-0.2, 0) is 6.42 Å². The molecule has 0 saturated carbocycles. The molecular weight excluding hydrogens is 186 g/mol. The van der Waals surface area contributed by atoms with E-state index in [9.17, 15) is 0 Å². The molecule has 0 amide bonds. The molecule has 0 fully saturated rings. The van der Waals surface area contributed by atoms with E-state index < -0.39 is 0 Å². The standard InChI is InChI=1S/C12H17N3/c1-12(2,9-13)7-10-8-14-11-5-3-4-6-15(10)11/h3-6,8H,7,9,13H2,1-2H3. The Morgan fingerprint density at radius 1 is 1.40 bits per heavy atom. The molecule has 3 heteroatoms. The Balaban J connectivity index is 2.37. The Labute approximate surface area is 89.9 Å². The largest absolute Gasteiger partial charge is 0.330 e. The molecule has 0 aliphatic rings. The van der Waals surface area contributed by atoms with Gasteiger partial charge in [-0.25, -0.2) is 4.98 Å². The average Bonchev–Trinajstić information content (AvgIpc) is 2.62. The van der Waals surface area contributed by atoms with Crippen LogP contribution in [0.4, 0.5) is 0 Å². The van der Waals surface area contributed by atoms with Crippen molar-refractivity contribution in [3.63, 3.8) is 0 Å². The predicted octanol–water partition coefficient (Wildman–Crippen LogP) is 1.86. The Bertz CT molecular complexity index is 457. The van der Waals surface area contributed by atoms with Gasteiger partial charge in [-0.05, 0) is 30.5 Å². The van der Waals surface area contributed by atoms with Crippen LogP contribution in [0.5, 0.6) is 0 Å². The second-order valence-corrected chi connectivity index (χ2v) is 4.72. The van der Waals surface area contributed by atoms with Crippen molar-refractivity contribution in [2.75, 3.05) is 6.54 Å². The molecule has 0 bridgehead atoms. The third-order valence-corrected chi connectivity index (χ3v) is 2.71. The fourth-order valence-electron chi connectivity index (χ4n) is 1.68. The highest BCUT2D eigenvalue weighted by atomic mass is 15.0. The number of nitrogens with zero attached hydrogens (tertiary/aromatic N) is 2. The van der Waals surface area contributed by atoms with Gasteiger partial charge in [-0.2, -0.15) is 0 Å². The van der Waals surface area contributed by atoms with E-state index >= 15 is 0 Å². The van der Waals surface area contributed by atoms with Crippen LogP contribution in [0.1, 0.15) is 19.5 Å². The molecule has 2 rings (SSSR count). The number of nitrogens with two attached hydrogens (primary N) is 1. The van der Waals surface area contributed by atoms with Gasteiger partial charge in [0.25, 0.3) is 0 Å². The zero-order valence-corrected chi connectivity index (χ0v) is 9.27. The van der Waals surface area contributed by atoms with Crippen LogP contribution in [0.3, 0.4) is 0 Å². The van der Waals surface area contributed by atoms with Gasteiger partial charge < -0.3 is 10.1 Å². The molecule has 0 atom stereocenters. The first kappa shape index (κ1) is 10.2. The predicted molar refractivity (Wildman–Crippen MR) is 61.7 cm³/mol. The first-order chi connectivity index (χ1) is 7.12. The molecule has 2 aromatic rings. The number of rotatable bonds is 3. The third-order valence-electron chi connectivity index (χ3n) is 2.71. The zero-order chi connectivity index (χ0) is 10.9. The lowest BCUT2D eigenvalue weighted by molar-refractivity contribution is 0.371. The Kier molecular flexibility index (Phi) is 2.49. The lowest BCUT2D eigenvalue weighted by Gasteiger charge is -2.21. The van der Waals surface area contributed by atoms with Crippen molar-refractivity contribution >= 4 is 5.65 Å². The summed E-state index contributed by atoms with van der Waals surface area (Å²) < 4.78 is 2.12. The van der Waals surface area contributed by atoms with Gasteiger partial charge in [-0.1, -0.05) is 19.9 Å². The normalized spacial score (nSPS) is 12.2. The van der Waals surface area contributed by atoms with Crippen molar-refractivity contribution < 1.29 is 0 Å². The lowest BCUT2D eigenvalue weighted by Crippen LogP contribution is -2.26. The van der Waals surface area contributed by atoms with E-state index in [4.69, 9.17) is 5.73 Å². The van der Waals surface area contributed by atoms with Gasteiger partial charge in [-0.3, -0.25) is 0 Å². The smallest absolute Gasteiger partial charge is 0.136 e. The van der Waals surface area contributed by atoms with Crippen LogP contribution >= 0.6 is 0 Å². The van der Waals surface area contributed by atoms with Gasteiger partial charge in [0, 0.05) is 18.1 Å². The molecule has 15 heavy (non-hydrogen) atoms. The summed E-state index contributed by atoms with van der Waals surface area (Å²) in [5, 5.41) is 0. The number of pyridine rings is 1. The first-order valence-electron chi connectivity index (χ1n) is 5.23. The maximum Gasteiger partial charge on any atom is 0.136 e. The molecule has 2 heterocycles. The van der Waals surface area contributed by atoms with Crippen molar-refractivity contribution in [2.45, 2.75) is 20.3 Å². The Hall–Kier alpha value is -1.35. The molecule has 0 radical (unpaired) electrons. The van der Waals surface area contributed by atoms with Gasteiger partial charge in [0.2, 0.25) is 0 Å². The van der Waals surface area contributed by atoms with Gasteiger partial charge in [-0.15, -0.1) is 0 Å². The fourth-order valence-corrected chi connectivity index (χ4v) is 1.68. The summed E-state index contributed by atoms with van der Waals surface area (Å²) in [4.78, 5) is 4.36. The summed E-state index contributed by atoms with van der Waals surface area (Å²) in [6.45, 7) is 5.04. The quantitative estimate of drug-likeness (QED) is 0.827. The van der Waals surface area contributed by atoms with E-state index in [2.05, 4.69) is 23.2 Å². The summed E-state index contributed by atoms with van der Waals surface area (Å²) >= 11 is 0. The van der Waals surface area contributed by atoms with E-state index in [0.717, 1.165) is 12.1 Å². The molecule has 0 spiro atoms. The molecule has 0 unspecified atom stereocenters. The van der Waals surface area contributed by atoms with E-state index in [-0.39, 0.29) is 5.41 Å². The van der Waals surface area contributed by atoms with Crippen molar-refractivity contribution in [3.05, 3.63) is 36.3 Å². The fraction of sp³-hybridized carbons (Fsp3) is 0.417. The van der Waals surface area contributed by atoms with Crippen molar-refractivity contribution in [1.82, 2.24) is 9.38 Å². The monoisotopic (exact) mass is 203 g/mol.